The molecule has 44 heavy (non-hydrogen) atoms. The van der Waals surface area contributed by atoms with Crippen LogP contribution < -0.4 is 9.62 Å². The van der Waals surface area contributed by atoms with E-state index < -0.39 is 28.5 Å². The van der Waals surface area contributed by atoms with Crippen molar-refractivity contribution in [2.75, 3.05) is 10.8 Å². The monoisotopic (exact) mass is 631 g/mol. The van der Waals surface area contributed by atoms with E-state index in [0.717, 1.165) is 15.4 Å². The summed E-state index contributed by atoms with van der Waals surface area (Å²) in [7, 11) is -4.16. The first-order valence-corrected chi connectivity index (χ1v) is 16.3. The number of carbonyl (C=O) groups is 2. The normalized spacial score (nSPS) is 12.0. The molecule has 4 aromatic carbocycles. The molecule has 4 rings (SSSR count). The maximum Gasteiger partial charge on any atom is 0.264 e. The van der Waals surface area contributed by atoms with Gasteiger partial charge in [-0.1, -0.05) is 90.0 Å². The second-order valence-electron chi connectivity index (χ2n) is 11.1. The SMILES string of the molecule is Cc1ccc(S(=O)(=O)N(CC(=O)N(Cc2cccc(Cl)c2)[C@@H](Cc2ccccc2)C(=O)NC(C)C)c2ccccc2C)cc1. The third-order valence-electron chi connectivity index (χ3n) is 7.22. The second kappa shape index (κ2) is 14.6. The van der Waals surface area contributed by atoms with E-state index in [4.69, 9.17) is 11.6 Å². The number of hydrogen-bond donors (Lipinski definition) is 1. The summed E-state index contributed by atoms with van der Waals surface area (Å²) in [6.45, 7) is 6.93. The number of nitrogens with zero attached hydrogens (tertiary/aromatic N) is 2. The molecule has 0 unspecified atom stereocenters. The summed E-state index contributed by atoms with van der Waals surface area (Å²) in [6, 6.07) is 29.0. The molecule has 0 radical (unpaired) electrons. The minimum Gasteiger partial charge on any atom is -0.352 e. The van der Waals surface area contributed by atoms with Gasteiger partial charge < -0.3 is 10.2 Å². The van der Waals surface area contributed by atoms with Crippen LogP contribution in [0.1, 0.15) is 36.1 Å². The van der Waals surface area contributed by atoms with E-state index in [2.05, 4.69) is 5.32 Å². The number of sulfonamides is 1. The van der Waals surface area contributed by atoms with E-state index >= 15 is 0 Å². The highest BCUT2D eigenvalue weighted by atomic mass is 35.5. The predicted molar refractivity (Wildman–Crippen MR) is 176 cm³/mol. The molecule has 0 aliphatic carbocycles. The van der Waals surface area contributed by atoms with Gasteiger partial charge in [0.15, 0.2) is 0 Å². The summed E-state index contributed by atoms with van der Waals surface area (Å²) in [5.41, 5.74) is 3.56. The Labute approximate surface area is 265 Å². The molecular weight excluding hydrogens is 594 g/mol. The number of hydrogen-bond acceptors (Lipinski definition) is 4. The summed E-state index contributed by atoms with van der Waals surface area (Å²) in [6.07, 6.45) is 0.237. The fraction of sp³-hybridized carbons (Fsp3) is 0.257. The van der Waals surface area contributed by atoms with Gasteiger partial charge in [0, 0.05) is 24.0 Å². The summed E-state index contributed by atoms with van der Waals surface area (Å²) in [4.78, 5) is 29.8. The lowest BCUT2D eigenvalue weighted by molar-refractivity contribution is -0.140. The maximum absolute atomic E-state index is 14.5. The molecule has 1 atom stereocenters. The molecule has 0 saturated carbocycles. The van der Waals surface area contributed by atoms with E-state index in [1.807, 2.05) is 63.2 Å². The molecule has 1 N–H and O–H groups in total. The van der Waals surface area contributed by atoms with Crippen LogP contribution in [0.5, 0.6) is 0 Å². The van der Waals surface area contributed by atoms with Gasteiger partial charge in [0.1, 0.15) is 12.6 Å². The second-order valence-corrected chi connectivity index (χ2v) is 13.4. The van der Waals surface area contributed by atoms with Crippen molar-refractivity contribution in [2.45, 2.75) is 57.6 Å². The van der Waals surface area contributed by atoms with Gasteiger partial charge in [-0.05, 0) is 74.7 Å². The molecule has 0 aromatic heterocycles. The van der Waals surface area contributed by atoms with Gasteiger partial charge in [0.2, 0.25) is 11.8 Å². The van der Waals surface area contributed by atoms with Crippen molar-refractivity contribution in [1.29, 1.82) is 0 Å². The number of halogens is 1. The number of benzene rings is 4. The van der Waals surface area contributed by atoms with Crippen LogP contribution in [0.2, 0.25) is 5.02 Å². The lowest BCUT2D eigenvalue weighted by Gasteiger charge is -2.34. The van der Waals surface area contributed by atoms with Crippen molar-refractivity contribution in [3.8, 4) is 0 Å². The van der Waals surface area contributed by atoms with E-state index in [1.165, 1.54) is 4.90 Å². The first-order valence-electron chi connectivity index (χ1n) is 14.5. The molecular formula is C35H38ClN3O4S. The zero-order valence-electron chi connectivity index (χ0n) is 25.4. The number of carbonyl (C=O) groups excluding carboxylic acids is 2. The average molecular weight is 632 g/mol. The number of anilines is 1. The molecule has 230 valence electrons. The fourth-order valence-electron chi connectivity index (χ4n) is 4.96. The average Bonchev–Trinajstić information content (AvgIpc) is 2.98. The van der Waals surface area contributed by atoms with Crippen LogP contribution in [0.25, 0.3) is 0 Å². The van der Waals surface area contributed by atoms with Crippen molar-refractivity contribution in [1.82, 2.24) is 10.2 Å². The van der Waals surface area contributed by atoms with E-state index in [0.29, 0.717) is 21.8 Å². The quantitative estimate of drug-likeness (QED) is 0.198. The van der Waals surface area contributed by atoms with Crippen LogP contribution >= 0.6 is 11.6 Å². The van der Waals surface area contributed by atoms with Gasteiger partial charge in [0.25, 0.3) is 10.0 Å². The molecule has 0 bridgehead atoms. The van der Waals surface area contributed by atoms with Crippen LogP contribution in [0.15, 0.2) is 108 Å². The van der Waals surface area contributed by atoms with Crippen molar-refractivity contribution < 1.29 is 18.0 Å². The van der Waals surface area contributed by atoms with Crippen LogP contribution in [0, 0.1) is 13.8 Å². The van der Waals surface area contributed by atoms with Gasteiger partial charge in [-0.2, -0.15) is 0 Å². The van der Waals surface area contributed by atoms with Crippen LogP contribution in [-0.4, -0.2) is 43.8 Å². The smallest absolute Gasteiger partial charge is 0.264 e. The van der Waals surface area contributed by atoms with Gasteiger partial charge in [-0.25, -0.2) is 8.42 Å². The Morgan fingerprint density at radius 3 is 2.09 bits per heavy atom. The van der Waals surface area contributed by atoms with Crippen molar-refractivity contribution in [3.63, 3.8) is 0 Å². The number of aryl methyl sites for hydroxylation is 2. The highest BCUT2D eigenvalue weighted by Crippen LogP contribution is 2.28. The molecule has 4 aromatic rings. The number of rotatable bonds is 12. The standard InChI is InChI=1S/C35H38ClN3O4S/c1-25(2)37-35(41)33(22-28-12-6-5-7-13-28)38(23-29-14-10-15-30(36)21-29)34(40)24-39(32-16-9-8-11-27(32)4)44(42,43)31-19-17-26(3)18-20-31/h5-21,25,33H,22-24H2,1-4H3,(H,37,41)/t33-/m0/s1. The van der Waals surface area contributed by atoms with Crippen LogP contribution in [0.3, 0.4) is 0 Å². The predicted octanol–water partition coefficient (Wildman–Crippen LogP) is 6.32. The summed E-state index contributed by atoms with van der Waals surface area (Å²) in [5.74, 6) is -0.855. The third-order valence-corrected chi connectivity index (χ3v) is 9.23. The molecule has 0 heterocycles. The van der Waals surface area contributed by atoms with Gasteiger partial charge in [-0.3, -0.25) is 13.9 Å². The molecule has 0 spiro atoms. The van der Waals surface area contributed by atoms with Gasteiger partial charge in [-0.15, -0.1) is 0 Å². The Kier molecular flexibility index (Phi) is 10.8. The van der Waals surface area contributed by atoms with Gasteiger partial charge in [0.05, 0.1) is 10.6 Å². The maximum atomic E-state index is 14.5. The first kappa shape index (κ1) is 32.8. The largest absolute Gasteiger partial charge is 0.352 e. The molecule has 2 amide bonds. The molecule has 0 aliphatic heterocycles. The molecule has 0 saturated heterocycles. The molecule has 0 aliphatic rings. The minimum absolute atomic E-state index is 0.0502. The van der Waals surface area contributed by atoms with Gasteiger partial charge >= 0.3 is 0 Å². The summed E-state index contributed by atoms with van der Waals surface area (Å²) < 4.78 is 29.5. The van der Waals surface area contributed by atoms with Crippen molar-refractivity contribution >= 4 is 39.1 Å². The minimum atomic E-state index is -4.16. The lowest BCUT2D eigenvalue weighted by Crippen LogP contribution is -2.54. The zero-order valence-corrected chi connectivity index (χ0v) is 27.0. The fourth-order valence-corrected chi connectivity index (χ4v) is 6.65. The highest BCUT2D eigenvalue weighted by molar-refractivity contribution is 7.92. The van der Waals surface area contributed by atoms with Crippen LogP contribution in [-0.2, 0) is 32.6 Å². The Balaban J connectivity index is 1.82. The Morgan fingerprint density at radius 1 is 0.818 bits per heavy atom. The molecule has 0 fully saturated rings. The number of para-hydroxylation sites is 1. The van der Waals surface area contributed by atoms with E-state index in [9.17, 15) is 18.0 Å². The van der Waals surface area contributed by atoms with E-state index in [1.54, 1.807) is 67.6 Å². The number of nitrogens with one attached hydrogen (secondary N) is 1. The topological polar surface area (TPSA) is 86.8 Å². The first-order chi connectivity index (χ1) is 21.0. The van der Waals surface area contributed by atoms with Crippen molar-refractivity contribution in [3.05, 3.63) is 130 Å². The van der Waals surface area contributed by atoms with E-state index in [-0.39, 0.29) is 29.8 Å². The van der Waals surface area contributed by atoms with Crippen LogP contribution in [0.4, 0.5) is 5.69 Å². The Hall–Kier alpha value is -4.14. The summed E-state index contributed by atoms with van der Waals surface area (Å²) >= 11 is 6.30. The number of amides is 2. The molecule has 7 nitrogen and oxygen atoms in total. The molecule has 9 heteroatoms. The highest BCUT2D eigenvalue weighted by Gasteiger charge is 2.35. The lowest BCUT2D eigenvalue weighted by atomic mass is 10.0. The Morgan fingerprint density at radius 2 is 1.45 bits per heavy atom. The van der Waals surface area contributed by atoms with Crippen molar-refractivity contribution in [2.24, 2.45) is 0 Å². The summed E-state index contributed by atoms with van der Waals surface area (Å²) in [5, 5.41) is 3.45. The Bertz CT molecular complexity index is 1690. The zero-order chi connectivity index (χ0) is 31.9. The third kappa shape index (κ3) is 8.27.